The van der Waals surface area contributed by atoms with Gasteiger partial charge in [-0.1, -0.05) is 6.92 Å². The van der Waals surface area contributed by atoms with E-state index < -0.39 is 11.9 Å². The van der Waals surface area contributed by atoms with Gasteiger partial charge < -0.3 is 20.2 Å². The van der Waals surface area contributed by atoms with Gasteiger partial charge in [0.15, 0.2) is 0 Å². The smallest absolute Gasteiger partial charge is 0.317 e. The number of hydrogen-bond acceptors (Lipinski definition) is 3. The standard InChI is InChI=1S/C12H23N3O3/c1-9(11(16)17)7-13-12(18)15-6-4-5-10(15)8-14(2)3/h9-10H,4-8H2,1-3H3,(H,13,18)(H,16,17). The number of likely N-dealkylation sites (tertiary alicyclic amines) is 1. The zero-order valence-corrected chi connectivity index (χ0v) is 11.3. The van der Waals surface area contributed by atoms with Crippen molar-refractivity contribution < 1.29 is 14.7 Å². The van der Waals surface area contributed by atoms with Crippen molar-refractivity contribution in [2.24, 2.45) is 5.92 Å². The molecule has 0 radical (unpaired) electrons. The van der Waals surface area contributed by atoms with Gasteiger partial charge in [-0.05, 0) is 26.9 Å². The molecule has 1 saturated heterocycles. The normalized spacial score (nSPS) is 21.1. The number of nitrogens with one attached hydrogen (secondary N) is 1. The third-order valence-electron chi connectivity index (χ3n) is 3.19. The van der Waals surface area contributed by atoms with Crippen LogP contribution in [0.2, 0.25) is 0 Å². The number of carboxylic acid groups (broad SMARTS) is 1. The molecule has 1 rings (SSSR count). The first kappa shape index (κ1) is 14.8. The van der Waals surface area contributed by atoms with Crippen LogP contribution in [0.5, 0.6) is 0 Å². The summed E-state index contributed by atoms with van der Waals surface area (Å²) in [6, 6.07) is 0.0904. The molecule has 6 nitrogen and oxygen atoms in total. The highest BCUT2D eigenvalue weighted by atomic mass is 16.4. The Labute approximate surface area is 108 Å². The summed E-state index contributed by atoms with van der Waals surface area (Å²) in [5.41, 5.74) is 0. The lowest BCUT2D eigenvalue weighted by atomic mass is 10.2. The van der Waals surface area contributed by atoms with Gasteiger partial charge in [0.25, 0.3) is 0 Å². The van der Waals surface area contributed by atoms with E-state index in [9.17, 15) is 9.59 Å². The maximum Gasteiger partial charge on any atom is 0.317 e. The minimum atomic E-state index is -0.887. The van der Waals surface area contributed by atoms with Crippen molar-refractivity contribution >= 4 is 12.0 Å². The highest BCUT2D eigenvalue weighted by molar-refractivity contribution is 5.76. The van der Waals surface area contributed by atoms with Crippen LogP contribution in [-0.4, -0.2) is 66.7 Å². The fourth-order valence-corrected chi connectivity index (χ4v) is 2.14. The van der Waals surface area contributed by atoms with E-state index in [0.717, 1.165) is 25.9 Å². The Morgan fingerprint density at radius 2 is 2.17 bits per heavy atom. The molecular weight excluding hydrogens is 234 g/mol. The fraction of sp³-hybridized carbons (Fsp3) is 0.833. The van der Waals surface area contributed by atoms with Gasteiger partial charge in [0, 0.05) is 25.7 Å². The number of carboxylic acids is 1. The van der Waals surface area contributed by atoms with E-state index in [1.54, 1.807) is 6.92 Å². The molecule has 0 bridgehead atoms. The monoisotopic (exact) mass is 257 g/mol. The molecule has 2 atom stereocenters. The lowest BCUT2D eigenvalue weighted by molar-refractivity contribution is -0.140. The van der Waals surface area contributed by atoms with E-state index in [0.29, 0.717) is 0 Å². The van der Waals surface area contributed by atoms with Crippen LogP contribution in [0, 0.1) is 5.92 Å². The average Bonchev–Trinajstić information content (AvgIpc) is 2.72. The number of rotatable bonds is 5. The molecule has 0 saturated carbocycles. The molecule has 104 valence electrons. The van der Waals surface area contributed by atoms with Gasteiger partial charge in [-0.15, -0.1) is 0 Å². The number of amides is 2. The quantitative estimate of drug-likeness (QED) is 0.749. The highest BCUT2D eigenvalue weighted by Crippen LogP contribution is 2.17. The van der Waals surface area contributed by atoms with Crippen LogP contribution in [0.25, 0.3) is 0 Å². The minimum absolute atomic E-state index is 0.146. The number of aliphatic carboxylic acids is 1. The summed E-state index contributed by atoms with van der Waals surface area (Å²) in [6.07, 6.45) is 2.03. The number of nitrogens with zero attached hydrogens (tertiary/aromatic N) is 2. The Morgan fingerprint density at radius 1 is 1.50 bits per heavy atom. The lowest BCUT2D eigenvalue weighted by Gasteiger charge is -2.27. The SMILES string of the molecule is CC(CNC(=O)N1CCCC1CN(C)C)C(=O)O. The van der Waals surface area contributed by atoms with Crippen LogP contribution in [0.1, 0.15) is 19.8 Å². The number of carbonyl (C=O) groups is 2. The summed E-state index contributed by atoms with van der Waals surface area (Å²) in [6.45, 7) is 3.37. The van der Waals surface area contributed by atoms with Crippen LogP contribution < -0.4 is 5.32 Å². The topological polar surface area (TPSA) is 72.9 Å². The lowest BCUT2D eigenvalue weighted by Crippen LogP contribution is -2.47. The predicted molar refractivity (Wildman–Crippen MR) is 68.5 cm³/mol. The molecule has 18 heavy (non-hydrogen) atoms. The van der Waals surface area contributed by atoms with Crippen LogP contribution >= 0.6 is 0 Å². The first-order chi connectivity index (χ1) is 8.41. The second kappa shape index (κ2) is 6.58. The molecule has 1 heterocycles. The summed E-state index contributed by atoms with van der Waals surface area (Å²) < 4.78 is 0. The molecule has 1 fully saturated rings. The average molecular weight is 257 g/mol. The zero-order chi connectivity index (χ0) is 13.7. The summed E-state index contributed by atoms with van der Waals surface area (Å²) >= 11 is 0. The van der Waals surface area contributed by atoms with E-state index >= 15 is 0 Å². The molecule has 2 N–H and O–H groups in total. The molecule has 1 aliphatic rings. The molecule has 0 aliphatic carbocycles. The summed E-state index contributed by atoms with van der Waals surface area (Å²) in [5, 5.41) is 11.5. The summed E-state index contributed by atoms with van der Waals surface area (Å²) in [7, 11) is 3.97. The van der Waals surface area contributed by atoms with Crippen molar-refractivity contribution in [3.8, 4) is 0 Å². The third-order valence-corrected chi connectivity index (χ3v) is 3.19. The number of carbonyl (C=O) groups excluding carboxylic acids is 1. The van der Waals surface area contributed by atoms with Crippen LogP contribution in [0.4, 0.5) is 4.79 Å². The van der Waals surface area contributed by atoms with Crippen LogP contribution in [-0.2, 0) is 4.79 Å². The first-order valence-corrected chi connectivity index (χ1v) is 6.33. The van der Waals surface area contributed by atoms with E-state index in [1.165, 1.54) is 0 Å². The van der Waals surface area contributed by atoms with Crippen molar-refractivity contribution in [2.75, 3.05) is 33.7 Å². The van der Waals surface area contributed by atoms with E-state index in [4.69, 9.17) is 5.11 Å². The third kappa shape index (κ3) is 4.18. The van der Waals surface area contributed by atoms with Gasteiger partial charge in [0.2, 0.25) is 0 Å². The van der Waals surface area contributed by atoms with Gasteiger partial charge in [-0.3, -0.25) is 4.79 Å². The fourth-order valence-electron chi connectivity index (χ4n) is 2.14. The molecule has 0 aromatic heterocycles. The first-order valence-electron chi connectivity index (χ1n) is 6.33. The molecule has 2 amide bonds. The largest absolute Gasteiger partial charge is 0.481 e. The highest BCUT2D eigenvalue weighted by Gasteiger charge is 2.29. The minimum Gasteiger partial charge on any atom is -0.481 e. The van der Waals surface area contributed by atoms with E-state index in [1.807, 2.05) is 19.0 Å². The molecule has 0 spiro atoms. The maximum atomic E-state index is 12.0. The molecule has 2 unspecified atom stereocenters. The molecule has 6 heteroatoms. The Morgan fingerprint density at radius 3 is 2.72 bits per heavy atom. The molecule has 0 aromatic rings. The number of likely N-dealkylation sites (N-methyl/N-ethyl adjacent to an activating group) is 1. The van der Waals surface area contributed by atoms with Crippen molar-refractivity contribution in [1.29, 1.82) is 0 Å². The number of urea groups is 1. The zero-order valence-electron chi connectivity index (χ0n) is 11.3. The second-order valence-corrected chi connectivity index (χ2v) is 5.18. The Balaban J connectivity index is 2.42. The van der Waals surface area contributed by atoms with E-state index in [2.05, 4.69) is 10.2 Å². The Bertz CT molecular complexity index is 307. The van der Waals surface area contributed by atoms with Crippen LogP contribution in [0.3, 0.4) is 0 Å². The molecule has 0 aromatic carbocycles. The predicted octanol–water partition coefficient (Wildman–Crippen LogP) is 0.443. The Hall–Kier alpha value is -1.30. The molecular formula is C12H23N3O3. The summed E-state index contributed by atoms with van der Waals surface area (Å²) in [4.78, 5) is 26.5. The van der Waals surface area contributed by atoms with Gasteiger partial charge in [-0.25, -0.2) is 4.79 Å². The maximum absolute atomic E-state index is 12.0. The van der Waals surface area contributed by atoms with Gasteiger partial charge >= 0.3 is 12.0 Å². The van der Waals surface area contributed by atoms with E-state index in [-0.39, 0.29) is 18.6 Å². The van der Waals surface area contributed by atoms with Crippen LogP contribution in [0.15, 0.2) is 0 Å². The summed E-state index contributed by atoms with van der Waals surface area (Å²) in [5.74, 6) is -1.44. The van der Waals surface area contributed by atoms with Gasteiger partial charge in [0.05, 0.1) is 5.92 Å². The van der Waals surface area contributed by atoms with Crippen molar-refractivity contribution in [3.05, 3.63) is 0 Å². The molecule has 1 aliphatic heterocycles. The second-order valence-electron chi connectivity index (χ2n) is 5.18. The van der Waals surface area contributed by atoms with Crippen molar-refractivity contribution in [1.82, 2.24) is 15.1 Å². The van der Waals surface area contributed by atoms with Crippen molar-refractivity contribution in [2.45, 2.75) is 25.8 Å². The van der Waals surface area contributed by atoms with Gasteiger partial charge in [-0.2, -0.15) is 0 Å². The van der Waals surface area contributed by atoms with Crippen molar-refractivity contribution in [3.63, 3.8) is 0 Å². The van der Waals surface area contributed by atoms with Gasteiger partial charge in [0.1, 0.15) is 0 Å². The number of hydrogen-bond donors (Lipinski definition) is 2. The Kier molecular flexibility index (Phi) is 5.40.